The van der Waals surface area contributed by atoms with Gasteiger partial charge in [-0.3, -0.25) is 4.79 Å². The molecule has 2 rings (SSSR count). The van der Waals surface area contributed by atoms with Crippen LogP contribution in [0.25, 0.3) is 0 Å². The third-order valence-electron chi connectivity index (χ3n) is 3.97. The molecular weight excluding hydrogens is 307 g/mol. The van der Waals surface area contributed by atoms with Gasteiger partial charge in [0.2, 0.25) is 5.91 Å². The van der Waals surface area contributed by atoms with Crippen LogP contribution in [0.15, 0.2) is 24.3 Å². The Bertz CT molecular complexity index is 578. The van der Waals surface area contributed by atoms with Gasteiger partial charge in [0.25, 0.3) is 0 Å². The van der Waals surface area contributed by atoms with Crippen LogP contribution >= 0.6 is 0 Å². The SMILES string of the molecule is N#Cc1ccc(NCC(=O)NC2CCCC(C(F)(F)F)C2)cc1. The first-order valence-corrected chi connectivity index (χ1v) is 7.48. The molecule has 124 valence electrons. The predicted molar refractivity (Wildman–Crippen MR) is 79.6 cm³/mol. The predicted octanol–water partition coefficient (Wildman–Crippen LogP) is 3.21. The highest BCUT2D eigenvalue weighted by Crippen LogP contribution is 2.37. The second kappa shape index (κ2) is 7.36. The first-order chi connectivity index (χ1) is 10.9. The van der Waals surface area contributed by atoms with Crippen LogP contribution in [0.5, 0.6) is 0 Å². The maximum absolute atomic E-state index is 12.7. The van der Waals surface area contributed by atoms with Gasteiger partial charge in [-0.2, -0.15) is 18.4 Å². The summed E-state index contributed by atoms with van der Waals surface area (Å²) >= 11 is 0. The number of halogens is 3. The molecule has 1 aromatic carbocycles. The molecule has 1 fully saturated rings. The normalized spacial score (nSPS) is 21.3. The fraction of sp³-hybridized carbons (Fsp3) is 0.500. The maximum atomic E-state index is 12.7. The summed E-state index contributed by atoms with van der Waals surface area (Å²) in [6.07, 6.45) is -3.05. The van der Waals surface area contributed by atoms with Crippen LogP contribution in [0.2, 0.25) is 0 Å². The number of amides is 1. The molecule has 2 unspecified atom stereocenters. The summed E-state index contributed by atoms with van der Waals surface area (Å²) in [6.45, 7) is -0.0148. The number of hydrogen-bond donors (Lipinski definition) is 2. The van der Waals surface area contributed by atoms with Crippen LogP contribution in [-0.4, -0.2) is 24.7 Å². The number of nitrogens with one attached hydrogen (secondary N) is 2. The number of anilines is 1. The van der Waals surface area contributed by atoms with Crippen molar-refractivity contribution in [3.8, 4) is 6.07 Å². The molecule has 7 heteroatoms. The van der Waals surface area contributed by atoms with Gasteiger partial charge >= 0.3 is 6.18 Å². The van der Waals surface area contributed by atoms with Crippen LogP contribution in [0, 0.1) is 17.2 Å². The highest BCUT2D eigenvalue weighted by atomic mass is 19.4. The minimum atomic E-state index is -4.19. The van der Waals surface area contributed by atoms with Crippen molar-refractivity contribution in [3.05, 3.63) is 29.8 Å². The topological polar surface area (TPSA) is 64.9 Å². The van der Waals surface area contributed by atoms with Crippen LogP contribution in [0.1, 0.15) is 31.2 Å². The zero-order valence-corrected chi connectivity index (χ0v) is 12.5. The van der Waals surface area contributed by atoms with Crippen molar-refractivity contribution in [3.63, 3.8) is 0 Å². The number of rotatable bonds is 4. The lowest BCUT2D eigenvalue weighted by Gasteiger charge is -2.31. The van der Waals surface area contributed by atoms with Gasteiger partial charge in [0.15, 0.2) is 0 Å². The summed E-state index contributed by atoms with van der Waals surface area (Å²) in [5, 5.41) is 14.2. The summed E-state index contributed by atoms with van der Waals surface area (Å²) in [5.74, 6) is -1.66. The van der Waals surface area contributed by atoms with Gasteiger partial charge in [-0.1, -0.05) is 6.42 Å². The Labute approximate surface area is 132 Å². The molecule has 1 amide bonds. The average molecular weight is 325 g/mol. The fourth-order valence-electron chi connectivity index (χ4n) is 2.74. The summed E-state index contributed by atoms with van der Waals surface area (Å²) in [6, 6.07) is 8.15. The molecule has 23 heavy (non-hydrogen) atoms. The van der Waals surface area contributed by atoms with E-state index < -0.39 is 18.1 Å². The van der Waals surface area contributed by atoms with Crippen molar-refractivity contribution in [1.82, 2.24) is 5.32 Å². The lowest BCUT2D eigenvalue weighted by Crippen LogP contribution is -2.43. The van der Waals surface area contributed by atoms with Crippen LogP contribution in [0.3, 0.4) is 0 Å². The van der Waals surface area contributed by atoms with Crippen molar-refractivity contribution in [2.24, 2.45) is 5.92 Å². The van der Waals surface area contributed by atoms with Gasteiger partial charge in [0.1, 0.15) is 0 Å². The molecular formula is C16H18F3N3O. The van der Waals surface area contributed by atoms with Crippen molar-refractivity contribution < 1.29 is 18.0 Å². The molecule has 1 aromatic rings. The summed E-state index contributed by atoms with van der Waals surface area (Å²) in [4.78, 5) is 11.9. The van der Waals surface area contributed by atoms with Crippen LogP contribution in [0.4, 0.5) is 18.9 Å². The Balaban J connectivity index is 1.79. The fourth-order valence-corrected chi connectivity index (χ4v) is 2.74. The third-order valence-corrected chi connectivity index (χ3v) is 3.97. The standard InChI is InChI=1S/C16H18F3N3O/c17-16(18,19)12-2-1-3-14(8-12)22-15(23)10-21-13-6-4-11(9-20)5-7-13/h4-7,12,14,21H,1-3,8,10H2,(H,22,23). The molecule has 0 aromatic heterocycles. The van der Waals surface area contributed by atoms with E-state index in [4.69, 9.17) is 5.26 Å². The molecule has 4 nitrogen and oxygen atoms in total. The van der Waals surface area contributed by atoms with Crippen LogP contribution in [-0.2, 0) is 4.79 Å². The number of carbonyl (C=O) groups excluding carboxylic acids is 1. The zero-order chi connectivity index (χ0) is 16.9. The first-order valence-electron chi connectivity index (χ1n) is 7.48. The number of carbonyl (C=O) groups is 1. The molecule has 1 aliphatic carbocycles. The molecule has 0 radical (unpaired) electrons. The second-order valence-electron chi connectivity index (χ2n) is 5.71. The molecule has 2 N–H and O–H groups in total. The van der Waals surface area contributed by atoms with E-state index in [9.17, 15) is 18.0 Å². The lowest BCUT2D eigenvalue weighted by molar-refractivity contribution is -0.184. The molecule has 0 spiro atoms. The van der Waals surface area contributed by atoms with Crippen LogP contribution < -0.4 is 10.6 Å². The number of nitriles is 1. The number of benzene rings is 1. The van der Waals surface area contributed by atoms with E-state index in [2.05, 4.69) is 10.6 Å². The Kier molecular flexibility index (Phi) is 5.48. The smallest absolute Gasteiger partial charge is 0.376 e. The van der Waals surface area contributed by atoms with E-state index in [-0.39, 0.29) is 25.3 Å². The molecule has 0 aliphatic heterocycles. The van der Waals surface area contributed by atoms with E-state index >= 15 is 0 Å². The highest BCUT2D eigenvalue weighted by Gasteiger charge is 2.42. The summed E-state index contributed by atoms with van der Waals surface area (Å²) < 4.78 is 38.2. The van der Waals surface area contributed by atoms with Gasteiger partial charge in [0.05, 0.1) is 24.1 Å². The Morgan fingerprint density at radius 3 is 2.57 bits per heavy atom. The zero-order valence-electron chi connectivity index (χ0n) is 12.5. The first kappa shape index (κ1) is 17.1. The molecule has 2 atom stereocenters. The largest absolute Gasteiger partial charge is 0.391 e. The summed E-state index contributed by atoms with van der Waals surface area (Å²) in [7, 11) is 0. The molecule has 1 aliphatic rings. The van der Waals surface area contributed by atoms with Gasteiger partial charge < -0.3 is 10.6 Å². The summed E-state index contributed by atoms with van der Waals surface area (Å²) in [5.41, 5.74) is 1.19. The second-order valence-corrected chi connectivity index (χ2v) is 5.71. The van der Waals surface area contributed by atoms with Gasteiger partial charge in [0, 0.05) is 11.7 Å². The van der Waals surface area contributed by atoms with Crippen molar-refractivity contribution in [2.75, 3.05) is 11.9 Å². The highest BCUT2D eigenvalue weighted by molar-refractivity contribution is 5.81. The molecule has 1 saturated carbocycles. The van der Waals surface area contributed by atoms with E-state index in [1.807, 2.05) is 6.07 Å². The minimum absolute atomic E-state index is 0.0148. The van der Waals surface area contributed by atoms with E-state index in [0.717, 1.165) is 0 Å². The van der Waals surface area contributed by atoms with E-state index in [1.165, 1.54) is 0 Å². The molecule has 0 saturated heterocycles. The molecule has 0 heterocycles. The monoisotopic (exact) mass is 325 g/mol. The number of hydrogen-bond acceptors (Lipinski definition) is 3. The van der Waals surface area contributed by atoms with Gasteiger partial charge in [-0.25, -0.2) is 0 Å². The van der Waals surface area contributed by atoms with E-state index in [0.29, 0.717) is 24.1 Å². The lowest BCUT2D eigenvalue weighted by atomic mass is 9.85. The van der Waals surface area contributed by atoms with Crippen molar-refractivity contribution >= 4 is 11.6 Å². The number of nitrogens with zero attached hydrogens (tertiary/aromatic N) is 1. The Morgan fingerprint density at radius 2 is 1.96 bits per heavy atom. The van der Waals surface area contributed by atoms with Gasteiger partial charge in [-0.05, 0) is 43.5 Å². The average Bonchev–Trinajstić information content (AvgIpc) is 2.53. The van der Waals surface area contributed by atoms with Gasteiger partial charge in [-0.15, -0.1) is 0 Å². The Hall–Kier alpha value is -2.23. The minimum Gasteiger partial charge on any atom is -0.376 e. The molecule has 0 bridgehead atoms. The van der Waals surface area contributed by atoms with E-state index in [1.54, 1.807) is 24.3 Å². The van der Waals surface area contributed by atoms with Crippen molar-refractivity contribution in [1.29, 1.82) is 5.26 Å². The Morgan fingerprint density at radius 1 is 1.26 bits per heavy atom. The van der Waals surface area contributed by atoms with Crippen molar-refractivity contribution in [2.45, 2.75) is 37.9 Å². The maximum Gasteiger partial charge on any atom is 0.391 e. The number of alkyl halides is 3. The third kappa shape index (κ3) is 5.16. The quantitative estimate of drug-likeness (QED) is 0.893.